The molecule has 0 aliphatic carbocycles. The number of nitrogens with zero attached hydrogens (tertiary/aromatic N) is 3. The van der Waals surface area contributed by atoms with E-state index in [1.807, 2.05) is 30.3 Å². The van der Waals surface area contributed by atoms with Gasteiger partial charge in [0.1, 0.15) is 0 Å². The third kappa shape index (κ3) is 5.80. The number of rotatable bonds is 6. The first-order valence-corrected chi connectivity index (χ1v) is 11.7. The van der Waals surface area contributed by atoms with Gasteiger partial charge in [-0.15, -0.1) is 11.8 Å². The molecular formula is C24H23F3N4O2S. The highest BCUT2D eigenvalue weighted by atomic mass is 32.2. The van der Waals surface area contributed by atoms with E-state index in [0.29, 0.717) is 25.9 Å². The Bertz CT molecular complexity index is 1140. The Balaban J connectivity index is 1.25. The van der Waals surface area contributed by atoms with Crippen LogP contribution >= 0.6 is 11.8 Å². The molecule has 178 valence electrons. The summed E-state index contributed by atoms with van der Waals surface area (Å²) in [5.74, 6) is -0.674. The van der Waals surface area contributed by atoms with Crippen LogP contribution in [-0.2, 0) is 11.0 Å². The highest BCUT2D eigenvalue weighted by Crippen LogP contribution is 2.39. The minimum atomic E-state index is -4.39. The van der Waals surface area contributed by atoms with Crippen molar-refractivity contribution in [2.75, 3.05) is 19.6 Å². The van der Waals surface area contributed by atoms with Gasteiger partial charge in [0, 0.05) is 29.4 Å². The first-order chi connectivity index (χ1) is 16.3. The van der Waals surface area contributed by atoms with E-state index in [0.717, 1.165) is 11.8 Å². The largest absolute Gasteiger partial charge is 0.417 e. The summed E-state index contributed by atoms with van der Waals surface area (Å²) in [4.78, 5) is 26.8. The maximum Gasteiger partial charge on any atom is 0.417 e. The highest BCUT2D eigenvalue weighted by Gasteiger charge is 2.34. The fourth-order valence-corrected chi connectivity index (χ4v) is 5.01. The second-order valence-electron chi connectivity index (χ2n) is 7.86. The molecule has 1 aromatic heterocycles. The summed E-state index contributed by atoms with van der Waals surface area (Å²) in [5, 5.41) is 6.83. The molecule has 0 atom stereocenters. The van der Waals surface area contributed by atoms with Crippen LogP contribution in [0.1, 0.15) is 28.9 Å². The number of nitrogens with one attached hydrogen (secondary N) is 1. The molecule has 0 unspecified atom stereocenters. The predicted octanol–water partition coefficient (Wildman–Crippen LogP) is 4.40. The molecule has 2 heterocycles. The van der Waals surface area contributed by atoms with Gasteiger partial charge < -0.3 is 10.2 Å². The number of likely N-dealkylation sites (tertiary alicyclic amines) is 1. The van der Waals surface area contributed by atoms with Gasteiger partial charge in [0.25, 0.3) is 5.91 Å². The number of carbonyl (C=O) groups is 2. The van der Waals surface area contributed by atoms with Gasteiger partial charge >= 0.3 is 6.18 Å². The maximum absolute atomic E-state index is 13.2. The van der Waals surface area contributed by atoms with E-state index in [4.69, 9.17) is 0 Å². The number of carbonyl (C=O) groups excluding carboxylic acids is 2. The number of aromatic nitrogens is 2. The van der Waals surface area contributed by atoms with Crippen molar-refractivity contribution in [1.29, 1.82) is 0 Å². The van der Waals surface area contributed by atoms with Gasteiger partial charge in [-0.05, 0) is 43.2 Å². The SMILES string of the molecule is O=C(NCC(=O)N1CCC(Sc2ccccc2C(F)(F)F)CC1)c1ccn(-c2ccccc2)n1. The van der Waals surface area contributed by atoms with Gasteiger partial charge in [-0.3, -0.25) is 9.59 Å². The zero-order valence-electron chi connectivity index (χ0n) is 18.2. The summed E-state index contributed by atoms with van der Waals surface area (Å²) in [6, 6.07) is 16.5. The molecule has 1 saturated heterocycles. The fraction of sp³-hybridized carbons (Fsp3) is 0.292. The van der Waals surface area contributed by atoms with Gasteiger partial charge in [0.2, 0.25) is 5.91 Å². The van der Waals surface area contributed by atoms with E-state index in [-0.39, 0.29) is 28.3 Å². The van der Waals surface area contributed by atoms with Crippen LogP contribution < -0.4 is 5.32 Å². The highest BCUT2D eigenvalue weighted by molar-refractivity contribution is 8.00. The van der Waals surface area contributed by atoms with Crippen molar-refractivity contribution in [1.82, 2.24) is 20.0 Å². The monoisotopic (exact) mass is 488 g/mol. The summed E-state index contributed by atoms with van der Waals surface area (Å²) in [6.45, 7) is 0.706. The standard InChI is InChI=1S/C24H23F3N4O2S/c25-24(26,27)19-8-4-5-9-21(19)34-18-10-13-30(14-11-18)22(32)16-28-23(33)20-12-15-31(29-20)17-6-2-1-3-7-17/h1-9,12,15,18H,10-11,13-14,16H2,(H,28,33). The normalized spacial score (nSPS) is 14.7. The molecule has 0 saturated carbocycles. The molecule has 3 aromatic rings. The first-order valence-electron chi connectivity index (χ1n) is 10.8. The number of hydrogen-bond acceptors (Lipinski definition) is 4. The lowest BCUT2D eigenvalue weighted by Crippen LogP contribution is -2.44. The number of para-hydroxylation sites is 1. The molecule has 1 N–H and O–H groups in total. The van der Waals surface area contributed by atoms with Crippen molar-refractivity contribution in [2.24, 2.45) is 0 Å². The molecule has 2 amide bonds. The average molecular weight is 489 g/mol. The fourth-order valence-electron chi connectivity index (χ4n) is 3.73. The van der Waals surface area contributed by atoms with Crippen LogP contribution in [0.4, 0.5) is 13.2 Å². The van der Waals surface area contributed by atoms with Gasteiger partial charge in [0.15, 0.2) is 5.69 Å². The van der Waals surface area contributed by atoms with Crippen LogP contribution in [0.15, 0.2) is 71.8 Å². The molecule has 2 aromatic carbocycles. The summed E-state index contributed by atoms with van der Waals surface area (Å²) in [7, 11) is 0. The van der Waals surface area contributed by atoms with E-state index < -0.39 is 17.6 Å². The number of halogens is 3. The number of piperidine rings is 1. The van der Waals surface area contributed by atoms with Crippen molar-refractivity contribution < 1.29 is 22.8 Å². The lowest BCUT2D eigenvalue weighted by Gasteiger charge is -2.32. The molecule has 1 fully saturated rings. The molecule has 1 aliphatic heterocycles. The van der Waals surface area contributed by atoms with E-state index in [2.05, 4.69) is 10.4 Å². The van der Waals surface area contributed by atoms with Crippen molar-refractivity contribution >= 4 is 23.6 Å². The summed E-state index contributed by atoms with van der Waals surface area (Å²) in [6.07, 6.45) is -1.56. The van der Waals surface area contributed by atoms with Crippen molar-refractivity contribution in [3.63, 3.8) is 0 Å². The number of hydrogen-bond donors (Lipinski definition) is 1. The number of amides is 2. The predicted molar refractivity (Wildman–Crippen MR) is 123 cm³/mol. The quantitative estimate of drug-likeness (QED) is 0.559. The number of alkyl halides is 3. The average Bonchev–Trinajstić information content (AvgIpc) is 3.34. The second kappa shape index (κ2) is 10.3. The Labute approximate surface area is 199 Å². The van der Waals surface area contributed by atoms with Crippen LogP contribution in [0.5, 0.6) is 0 Å². The number of thioether (sulfide) groups is 1. The van der Waals surface area contributed by atoms with Crippen LogP contribution in [-0.4, -0.2) is 51.4 Å². The Morgan fingerprint density at radius 1 is 1.00 bits per heavy atom. The maximum atomic E-state index is 13.2. The Hall–Kier alpha value is -3.27. The number of benzene rings is 2. The molecular weight excluding hydrogens is 465 g/mol. The van der Waals surface area contributed by atoms with E-state index in [1.54, 1.807) is 27.9 Å². The second-order valence-corrected chi connectivity index (χ2v) is 9.20. The van der Waals surface area contributed by atoms with Crippen LogP contribution in [0.25, 0.3) is 5.69 Å². The minimum Gasteiger partial charge on any atom is -0.342 e. The van der Waals surface area contributed by atoms with Gasteiger partial charge in [0.05, 0.1) is 17.8 Å². The smallest absolute Gasteiger partial charge is 0.342 e. The van der Waals surface area contributed by atoms with Crippen molar-refractivity contribution in [3.05, 3.63) is 78.1 Å². The third-order valence-corrected chi connectivity index (χ3v) is 6.94. The first kappa shape index (κ1) is 23.9. The molecule has 1 aliphatic rings. The van der Waals surface area contributed by atoms with Crippen LogP contribution in [0.3, 0.4) is 0 Å². The van der Waals surface area contributed by atoms with Gasteiger partial charge in [-0.1, -0.05) is 30.3 Å². The van der Waals surface area contributed by atoms with E-state index in [9.17, 15) is 22.8 Å². The van der Waals surface area contributed by atoms with Gasteiger partial charge in [-0.25, -0.2) is 4.68 Å². The van der Waals surface area contributed by atoms with E-state index >= 15 is 0 Å². The topological polar surface area (TPSA) is 67.2 Å². The molecule has 0 radical (unpaired) electrons. The third-order valence-electron chi connectivity index (χ3n) is 5.52. The minimum absolute atomic E-state index is 0.0101. The van der Waals surface area contributed by atoms with Gasteiger partial charge in [-0.2, -0.15) is 18.3 Å². The molecule has 10 heteroatoms. The van der Waals surface area contributed by atoms with Crippen molar-refractivity contribution in [2.45, 2.75) is 29.2 Å². The van der Waals surface area contributed by atoms with E-state index in [1.165, 1.54) is 23.9 Å². The molecule has 4 rings (SSSR count). The molecule has 0 spiro atoms. The zero-order valence-corrected chi connectivity index (χ0v) is 19.0. The van der Waals surface area contributed by atoms with Crippen molar-refractivity contribution in [3.8, 4) is 5.69 Å². The molecule has 6 nitrogen and oxygen atoms in total. The lowest BCUT2D eigenvalue weighted by molar-refractivity contribution is -0.139. The Morgan fingerprint density at radius 3 is 2.38 bits per heavy atom. The van der Waals surface area contributed by atoms with Crippen LogP contribution in [0, 0.1) is 0 Å². The van der Waals surface area contributed by atoms with Crippen LogP contribution in [0.2, 0.25) is 0 Å². The summed E-state index contributed by atoms with van der Waals surface area (Å²) in [5.41, 5.74) is 0.391. The summed E-state index contributed by atoms with van der Waals surface area (Å²) >= 11 is 1.21. The lowest BCUT2D eigenvalue weighted by atomic mass is 10.1. The zero-order chi connectivity index (χ0) is 24.1. The molecule has 0 bridgehead atoms. The molecule has 34 heavy (non-hydrogen) atoms. The summed E-state index contributed by atoms with van der Waals surface area (Å²) < 4.78 is 41.3. The Morgan fingerprint density at radius 2 is 1.68 bits per heavy atom. The Kier molecular flexibility index (Phi) is 7.26.